The maximum atomic E-state index is 2.36. The zero-order chi connectivity index (χ0) is 19.6. The van der Waals surface area contributed by atoms with Crippen LogP contribution in [0.5, 0.6) is 0 Å². The molecule has 0 spiro atoms. The molecule has 0 aliphatic carbocycles. The first-order valence-electron chi connectivity index (χ1n) is 9.95. The van der Waals surface area contributed by atoms with Gasteiger partial charge in [-0.25, -0.2) is 0 Å². The summed E-state index contributed by atoms with van der Waals surface area (Å²) in [5, 5.41) is 0. The summed E-state index contributed by atoms with van der Waals surface area (Å²) in [7, 11) is 0. The fourth-order valence-electron chi connectivity index (χ4n) is 3.36. The van der Waals surface area contributed by atoms with Crippen molar-refractivity contribution in [3.63, 3.8) is 0 Å². The molecule has 0 fully saturated rings. The van der Waals surface area contributed by atoms with Gasteiger partial charge in [-0.15, -0.1) is 0 Å². The van der Waals surface area contributed by atoms with E-state index in [4.69, 9.17) is 0 Å². The summed E-state index contributed by atoms with van der Waals surface area (Å²) in [4.78, 5) is 2.36. The predicted octanol–water partition coefficient (Wildman–Crippen LogP) is 7.90. The maximum Gasteiger partial charge on any atom is 0.0464 e. The van der Waals surface area contributed by atoms with E-state index in [-0.39, 0.29) is 0 Å². The van der Waals surface area contributed by atoms with Crippen LogP contribution in [0.1, 0.15) is 54.0 Å². The molecule has 0 radical (unpaired) electrons. The Morgan fingerprint density at radius 1 is 0.630 bits per heavy atom. The lowest BCUT2D eigenvalue weighted by Gasteiger charge is -2.27. The van der Waals surface area contributed by atoms with Crippen LogP contribution < -0.4 is 4.90 Å². The van der Waals surface area contributed by atoms with Crippen LogP contribution in [0.3, 0.4) is 0 Å². The van der Waals surface area contributed by atoms with Gasteiger partial charge in [-0.1, -0.05) is 38.1 Å². The van der Waals surface area contributed by atoms with E-state index in [0.29, 0.717) is 5.92 Å². The summed E-state index contributed by atoms with van der Waals surface area (Å²) in [6, 6.07) is 22.5. The summed E-state index contributed by atoms with van der Waals surface area (Å²) in [5.74, 6) is 0.593. The highest BCUT2D eigenvalue weighted by Gasteiger charge is 2.14. The van der Waals surface area contributed by atoms with Crippen LogP contribution in [0.2, 0.25) is 0 Å². The Morgan fingerprint density at radius 3 is 1.48 bits per heavy atom. The fraction of sp³-hybridized carbons (Fsp3) is 0.308. The predicted molar refractivity (Wildman–Crippen MR) is 119 cm³/mol. The van der Waals surface area contributed by atoms with Crippen molar-refractivity contribution in [3.05, 3.63) is 88.5 Å². The van der Waals surface area contributed by atoms with Crippen molar-refractivity contribution in [2.45, 2.75) is 53.9 Å². The molecule has 1 unspecified atom stereocenters. The standard InChI is InChI=1S/C26H31N/c1-7-18(2)23-10-14-24(15-11-23)27(25-12-8-19(3)21(5)16-25)26-13-9-20(4)22(6)17-26/h8-18H,7H2,1-6H3. The smallest absolute Gasteiger partial charge is 0.0464 e. The molecule has 1 heteroatoms. The molecule has 1 atom stereocenters. The number of nitrogens with zero attached hydrogens (tertiary/aromatic N) is 1. The Bertz CT molecular complexity index is 870. The highest BCUT2D eigenvalue weighted by Crippen LogP contribution is 2.36. The number of benzene rings is 3. The van der Waals surface area contributed by atoms with E-state index in [2.05, 4.69) is 107 Å². The molecule has 0 bridgehead atoms. The minimum Gasteiger partial charge on any atom is -0.310 e. The molecule has 3 aromatic rings. The van der Waals surface area contributed by atoms with Gasteiger partial charge < -0.3 is 4.90 Å². The van der Waals surface area contributed by atoms with Crippen molar-refractivity contribution in [2.24, 2.45) is 0 Å². The molecule has 0 aliphatic rings. The molecule has 0 saturated heterocycles. The Balaban J connectivity index is 2.11. The summed E-state index contributed by atoms with van der Waals surface area (Å²) in [6.07, 6.45) is 1.16. The lowest BCUT2D eigenvalue weighted by molar-refractivity contribution is 0.733. The van der Waals surface area contributed by atoms with Crippen molar-refractivity contribution in [1.29, 1.82) is 0 Å². The van der Waals surface area contributed by atoms with E-state index >= 15 is 0 Å². The van der Waals surface area contributed by atoms with Gasteiger partial charge in [-0.05, 0) is 104 Å². The first-order chi connectivity index (χ1) is 12.9. The van der Waals surface area contributed by atoms with E-state index in [1.165, 1.54) is 44.9 Å². The highest BCUT2D eigenvalue weighted by atomic mass is 15.1. The van der Waals surface area contributed by atoms with Crippen LogP contribution in [0.15, 0.2) is 60.7 Å². The largest absolute Gasteiger partial charge is 0.310 e. The molecule has 27 heavy (non-hydrogen) atoms. The second-order valence-electron chi connectivity index (χ2n) is 7.77. The topological polar surface area (TPSA) is 3.24 Å². The minimum absolute atomic E-state index is 0.593. The molecular formula is C26H31N. The second kappa shape index (κ2) is 8.00. The summed E-state index contributed by atoms with van der Waals surface area (Å²) < 4.78 is 0. The number of aryl methyl sites for hydroxylation is 4. The molecule has 3 rings (SSSR count). The Morgan fingerprint density at radius 2 is 1.07 bits per heavy atom. The third-order valence-electron chi connectivity index (χ3n) is 5.83. The molecule has 3 aromatic carbocycles. The average Bonchev–Trinajstić information content (AvgIpc) is 2.67. The van der Waals surface area contributed by atoms with E-state index in [1.807, 2.05) is 0 Å². The van der Waals surface area contributed by atoms with Crippen molar-refractivity contribution >= 4 is 17.1 Å². The number of hydrogen-bond donors (Lipinski definition) is 0. The SMILES string of the molecule is CCC(C)c1ccc(N(c2ccc(C)c(C)c2)c2ccc(C)c(C)c2)cc1. The summed E-state index contributed by atoms with van der Waals surface area (Å²) in [6.45, 7) is 13.2. The van der Waals surface area contributed by atoms with Crippen molar-refractivity contribution in [1.82, 2.24) is 0 Å². The van der Waals surface area contributed by atoms with Crippen LogP contribution in [0.4, 0.5) is 17.1 Å². The van der Waals surface area contributed by atoms with Gasteiger partial charge in [0.2, 0.25) is 0 Å². The van der Waals surface area contributed by atoms with E-state index in [9.17, 15) is 0 Å². The zero-order valence-electron chi connectivity index (χ0n) is 17.5. The van der Waals surface area contributed by atoms with Gasteiger partial charge in [0.15, 0.2) is 0 Å². The second-order valence-corrected chi connectivity index (χ2v) is 7.77. The van der Waals surface area contributed by atoms with Gasteiger partial charge in [-0.2, -0.15) is 0 Å². The normalized spacial score (nSPS) is 12.1. The molecule has 0 aliphatic heterocycles. The lowest BCUT2D eigenvalue weighted by atomic mass is 9.98. The Labute approximate surface area is 164 Å². The molecule has 0 aromatic heterocycles. The summed E-state index contributed by atoms with van der Waals surface area (Å²) >= 11 is 0. The van der Waals surface area contributed by atoms with E-state index in [0.717, 1.165) is 6.42 Å². The van der Waals surface area contributed by atoms with Gasteiger partial charge in [-0.3, -0.25) is 0 Å². The van der Waals surface area contributed by atoms with Crippen LogP contribution >= 0.6 is 0 Å². The molecule has 140 valence electrons. The number of rotatable bonds is 5. The van der Waals surface area contributed by atoms with Crippen molar-refractivity contribution in [2.75, 3.05) is 4.90 Å². The van der Waals surface area contributed by atoms with Gasteiger partial charge in [0.05, 0.1) is 0 Å². The van der Waals surface area contributed by atoms with Gasteiger partial charge in [0.1, 0.15) is 0 Å². The van der Waals surface area contributed by atoms with Gasteiger partial charge in [0, 0.05) is 17.1 Å². The van der Waals surface area contributed by atoms with Gasteiger partial charge >= 0.3 is 0 Å². The lowest BCUT2D eigenvalue weighted by Crippen LogP contribution is -2.11. The minimum atomic E-state index is 0.593. The quantitative estimate of drug-likeness (QED) is 0.448. The van der Waals surface area contributed by atoms with Crippen LogP contribution in [0.25, 0.3) is 0 Å². The Kier molecular flexibility index (Phi) is 5.70. The number of anilines is 3. The van der Waals surface area contributed by atoms with Crippen LogP contribution in [0, 0.1) is 27.7 Å². The molecule has 0 saturated carbocycles. The van der Waals surface area contributed by atoms with Crippen molar-refractivity contribution in [3.8, 4) is 0 Å². The van der Waals surface area contributed by atoms with Crippen LogP contribution in [-0.2, 0) is 0 Å². The first kappa shape index (κ1) is 19.2. The fourth-order valence-corrected chi connectivity index (χ4v) is 3.36. The van der Waals surface area contributed by atoms with Crippen molar-refractivity contribution < 1.29 is 0 Å². The molecular weight excluding hydrogens is 326 g/mol. The Hall–Kier alpha value is -2.54. The third kappa shape index (κ3) is 4.08. The molecule has 0 N–H and O–H groups in total. The molecule has 0 heterocycles. The average molecular weight is 358 g/mol. The highest BCUT2D eigenvalue weighted by molar-refractivity contribution is 5.77. The number of hydrogen-bond acceptors (Lipinski definition) is 1. The first-order valence-corrected chi connectivity index (χ1v) is 9.95. The van der Waals surface area contributed by atoms with E-state index < -0.39 is 0 Å². The monoisotopic (exact) mass is 357 g/mol. The van der Waals surface area contributed by atoms with Gasteiger partial charge in [0.25, 0.3) is 0 Å². The third-order valence-corrected chi connectivity index (χ3v) is 5.83. The zero-order valence-corrected chi connectivity index (χ0v) is 17.5. The van der Waals surface area contributed by atoms with E-state index in [1.54, 1.807) is 0 Å². The maximum absolute atomic E-state index is 2.36. The van der Waals surface area contributed by atoms with Crippen LogP contribution in [-0.4, -0.2) is 0 Å². The molecule has 0 amide bonds. The summed E-state index contributed by atoms with van der Waals surface area (Å²) in [5.41, 5.74) is 10.3. The molecule has 1 nitrogen and oxygen atoms in total.